The molecule has 100 valence electrons. The van der Waals surface area contributed by atoms with Crippen LogP contribution < -0.4 is 10.2 Å². The van der Waals surface area contributed by atoms with E-state index in [-0.39, 0.29) is 0 Å². The quantitative estimate of drug-likeness (QED) is 0.882. The van der Waals surface area contributed by atoms with Crippen molar-refractivity contribution < 1.29 is 4.74 Å². The monoisotopic (exact) mass is 249 g/mol. The lowest BCUT2D eigenvalue weighted by Crippen LogP contribution is -2.45. The zero-order chi connectivity index (χ0) is 13.0. The molecule has 1 aliphatic heterocycles. The normalized spacial score (nSPS) is 20.2. The summed E-state index contributed by atoms with van der Waals surface area (Å²) in [6, 6.07) is 2.68. The molecule has 2 heterocycles. The Labute approximate surface area is 109 Å². The molecule has 4 heteroatoms. The fourth-order valence-electron chi connectivity index (χ4n) is 2.48. The lowest BCUT2D eigenvalue weighted by atomic mass is 10.1. The third-order valence-corrected chi connectivity index (χ3v) is 3.47. The van der Waals surface area contributed by atoms with Crippen molar-refractivity contribution >= 4 is 5.69 Å². The van der Waals surface area contributed by atoms with E-state index < -0.39 is 0 Å². The van der Waals surface area contributed by atoms with Crippen molar-refractivity contribution in [2.75, 3.05) is 31.7 Å². The van der Waals surface area contributed by atoms with Gasteiger partial charge in [-0.05, 0) is 26.5 Å². The van der Waals surface area contributed by atoms with Gasteiger partial charge < -0.3 is 15.0 Å². The molecule has 18 heavy (non-hydrogen) atoms. The highest BCUT2D eigenvalue weighted by Crippen LogP contribution is 2.25. The van der Waals surface area contributed by atoms with E-state index in [4.69, 9.17) is 4.74 Å². The van der Waals surface area contributed by atoms with E-state index in [0.29, 0.717) is 6.04 Å². The minimum atomic E-state index is 0.483. The second-order valence-electron chi connectivity index (χ2n) is 4.82. The Morgan fingerprint density at radius 3 is 3.11 bits per heavy atom. The molecule has 0 radical (unpaired) electrons. The maximum Gasteiger partial charge on any atom is 0.0670 e. The average Bonchev–Trinajstić information content (AvgIpc) is 2.41. The number of aromatic nitrogens is 1. The van der Waals surface area contributed by atoms with Gasteiger partial charge in [-0.1, -0.05) is 6.92 Å². The van der Waals surface area contributed by atoms with Crippen molar-refractivity contribution in [2.24, 2.45) is 0 Å². The third kappa shape index (κ3) is 2.82. The van der Waals surface area contributed by atoms with Crippen LogP contribution >= 0.6 is 0 Å². The van der Waals surface area contributed by atoms with Gasteiger partial charge in [0.15, 0.2) is 0 Å². The Hall–Kier alpha value is -1.13. The summed E-state index contributed by atoms with van der Waals surface area (Å²) in [7, 11) is 1.97. The highest BCUT2D eigenvalue weighted by Gasteiger charge is 2.23. The second kappa shape index (κ2) is 6.16. The van der Waals surface area contributed by atoms with Gasteiger partial charge in [-0.15, -0.1) is 0 Å². The van der Waals surface area contributed by atoms with Crippen LogP contribution in [-0.2, 0) is 11.3 Å². The molecule has 1 aliphatic rings. The fraction of sp³-hybridized carbons (Fsp3) is 0.643. The van der Waals surface area contributed by atoms with Crippen molar-refractivity contribution in [2.45, 2.75) is 32.9 Å². The third-order valence-electron chi connectivity index (χ3n) is 3.47. The highest BCUT2D eigenvalue weighted by atomic mass is 16.5. The van der Waals surface area contributed by atoms with Crippen molar-refractivity contribution in [3.05, 3.63) is 23.5 Å². The molecule has 2 rings (SSSR count). The summed E-state index contributed by atoms with van der Waals surface area (Å²) in [6.45, 7) is 7.75. The summed E-state index contributed by atoms with van der Waals surface area (Å²) in [5, 5.41) is 3.22. The summed E-state index contributed by atoms with van der Waals surface area (Å²) in [5.74, 6) is 0. The van der Waals surface area contributed by atoms with Gasteiger partial charge in [0.05, 0.1) is 19.3 Å². The van der Waals surface area contributed by atoms with Crippen molar-refractivity contribution in [1.82, 2.24) is 10.3 Å². The topological polar surface area (TPSA) is 37.4 Å². The number of hydrogen-bond acceptors (Lipinski definition) is 4. The van der Waals surface area contributed by atoms with Crippen LogP contribution in [0, 0.1) is 6.92 Å². The number of aryl methyl sites for hydroxylation is 1. The predicted molar refractivity (Wildman–Crippen MR) is 74.0 cm³/mol. The molecule has 1 saturated heterocycles. The molecule has 0 saturated carbocycles. The highest BCUT2D eigenvalue weighted by molar-refractivity contribution is 5.54. The van der Waals surface area contributed by atoms with Crippen LogP contribution in [0.5, 0.6) is 0 Å². The molecule has 0 amide bonds. The lowest BCUT2D eigenvalue weighted by Gasteiger charge is -2.38. The molecule has 1 aromatic rings. The van der Waals surface area contributed by atoms with Gasteiger partial charge in [0.2, 0.25) is 0 Å². The molecule has 0 aromatic carbocycles. The van der Waals surface area contributed by atoms with Crippen LogP contribution in [0.1, 0.15) is 24.6 Å². The number of rotatable bonds is 4. The zero-order valence-electron chi connectivity index (χ0n) is 11.6. The molecular formula is C14H23N3O. The minimum Gasteiger partial charge on any atom is -0.377 e. The SMILES string of the molecule is CCC1COCCN1c1cc(C)ncc1CNC. The summed E-state index contributed by atoms with van der Waals surface area (Å²) >= 11 is 0. The number of hydrogen-bond donors (Lipinski definition) is 1. The summed E-state index contributed by atoms with van der Waals surface area (Å²) in [5.41, 5.74) is 3.65. The first-order chi connectivity index (χ1) is 8.76. The first-order valence-corrected chi connectivity index (χ1v) is 6.70. The van der Waals surface area contributed by atoms with Crippen LogP contribution in [0.2, 0.25) is 0 Å². The summed E-state index contributed by atoms with van der Waals surface area (Å²) in [4.78, 5) is 6.88. The Morgan fingerprint density at radius 2 is 2.39 bits per heavy atom. The molecule has 1 fully saturated rings. The largest absolute Gasteiger partial charge is 0.377 e. The van der Waals surface area contributed by atoms with E-state index in [1.54, 1.807) is 0 Å². The van der Waals surface area contributed by atoms with Crippen molar-refractivity contribution in [3.63, 3.8) is 0 Å². The van der Waals surface area contributed by atoms with E-state index in [2.05, 4.69) is 28.2 Å². The zero-order valence-corrected chi connectivity index (χ0v) is 11.6. The molecular weight excluding hydrogens is 226 g/mol. The fourth-order valence-corrected chi connectivity index (χ4v) is 2.48. The molecule has 0 bridgehead atoms. The maximum absolute atomic E-state index is 5.58. The van der Waals surface area contributed by atoms with Gasteiger partial charge in [-0.25, -0.2) is 0 Å². The minimum absolute atomic E-state index is 0.483. The van der Waals surface area contributed by atoms with Crippen LogP contribution in [0.4, 0.5) is 5.69 Å². The summed E-state index contributed by atoms with van der Waals surface area (Å²) in [6.07, 6.45) is 3.10. The van der Waals surface area contributed by atoms with Gasteiger partial charge in [-0.2, -0.15) is 0 Å². The number of anilines is 1. The van der Waals surface area contributed by atoms with Crippen molar-refractivity contribution in [3.8, 4) is 0 Å². The average molecular weight is 249 g/mol. The molecule has 0 spiro atoms. The first kappa shape index (κ1) is 13.3. The summed E-state index contributed by atoms with van der Waals surface area (Å²) < 4.78 is 5.58. The first-order valence-electron chi connectivity index (χ1n) is 6.70. The van der Waals surface area contributed by atoms with E-state index >= 15 is 0 Å². The van der Waals surface area contributed by atoms with E-state index in [1.807, 2.05) is 20.2 Å². The smallest absolute Gasteiger partial charge is 0.0670 e. The van der Waals surface area contributed by atoms with Crippen molar-refractivity contribution in [1.29, 1.82) is 0 Å². The van der Waals surface area contributed by atoms with Gasteiger partial charge in [-0.3, -0.25) is 4.98 Å². The van der Waals surface area contributed by atoms with Crippen LogP contribution in [0.15, 0.2) is 12.3 Å². The number of nitrogens with one attached hydrogen (secondary N) is 1. The number of nitrogens with zero attached hydrogens (tertiary/aromatic N) is 2. The predicted octanol–water partition coefficient (Wildman–Crippen LogP) is 1.72. The molecule has 1 atom stereocenters. The van der Waals surface area contributed by atoms with Gasteiger partial charge >= 0.3 is 0 Å². The van der Waals surface area contributed by atoms with E-state index in [0.717, 1.165) is 38.4 Å². The molecule has 4 nitrogen and oxygen atoms in total. The Morgan fingerprint density at radius 1 is 1.56 bits per heavy atom. The Bertz CT molecular complexity index is 395. The Kier molecular flexibility index (Phi) is 4.55. The number of ether oxygens (including phenoxy) is 1. The molecule has 1 unspecified atom stereocenters. The van der Waals surface area contributed by atoms with Gasteiger partial charge in [0.1, 0.15) is 0 Å². The Balaban J connectivity index is 2.31. The van der Waals surface area contributed by atoms with Gasteiger partial charge in [0.25, 0.3) is 0 Å². The van der Waals surface area contributed by atoms with Crippen LogP contribution in [0.25, 0.3) is 0 Å². The van der Waals surface area contributed by atoms with Crippen LogP contribution in [-0.4, -0.2) is 37.8 Å². The second-order valence-corrected chi connectivity index (χ2v) is 4.82. The van der Waals surface area contributed by atoms with Gasteiger partial charge in [0, 0.05) is 36.2 Å². The van der Waals surface area contributed by atoms with Crippen LogP contribution in [0.3, 0.4) is 0 Å². The number of pyridine rings is 1. The molecule has 1 N–H and O–H groups in total. The number of morpholine rings is 1. The van der Waals surface area contributed by atoms with E-state index in [9.17, 15) is 0 Å². The molecule has 0 aliphatic carbocycles. The van der Waals surface area contributed by atoms with E-state index in [1.165, 1.54) is 11.3 Å². The molecule has 1 aromatic heterocycles. The standard InChI is InChI=1S/C14H23N3O/c1-4-13-10-18-6-5-17(13)14-7-11(2)16-9-12(14)8-15-3/h7,9,13,15H,4-6,8,10H2,1-3H3. The lowest BCUT2D eigenvalue weighted by molar-refractivity contribution is 0.0929. The maximum atomic E-state index is 5.58.